The molecule has 0 aliphatic carbocycles. The predicted octanol–water partition coefficient (Wildman–Crippen LogP) is 5.85. The van der Waals surface area contributed by atoms with Crippen molar-refractivity contribution in [3.63, 3.8) is 0 Å². The van der Waals surface area contributed by atoms with Crippen LogP contribution in [0.1, 0.15) is 79.6 Å². The van der Waals surface area contributed by atoms with Gasteiger partial charge < -0.3 is 4.79 Å². The molecule has 0 heterocycles. The van der Waals surface area contributed by atoms with Crippen molar-refractivity contribution in [1.82, 2.24) is 0 Å². The van der Waals surface area contributed by atoms with Crippen LogP contribution in [0.5, 0.6) is 0 Å². The maximum atomic E-state index is 10.8. The van der Waals surface area contributed by atoms with Crippen LogP contribution < -0.4 is 0 Å². The average Bonchev–Trinajstić information content (AvgIpc) is 2.27. The van der Waals surface area contributed by atoms with Crippen molar-refractivity contribution in [2.75, 3.05) is 0 Å². The van der Waals surface area contributed by atoms with Crippen LogP contribution in [-0.2, 0) is 4.79 Å². The van der Waals surface area contributed by atoms with E-state index in [-0.39, 0.29) is 5.78 Å². The Bertz CT molecular complexity index is 308. The Labute approximate surface area is 120 Å². The molecule has 0 saturated carbocycles. The molecule has 0 aliphatic heterocycles. The maximum Gasteiger partial charge on any atom is 0.130 e. The van der Waals surface area contributed by atoms with Crippen LogP contribution in [0.3, 0.4) is 0 Å². The summed E-state index contributed by atoms with van der Waals surface area (Å²) in [7, 11) is 0. The second kappa shape index (κ2) is 11.0. The van der Waals surface area contributed by atoms with Gasteiger partial charge in [0.05, 0.1) is 0 Å². The number of Topliss-reactive ketones (excluding diaryl/α,β-unsaturated/α-hetero) is 1. The van der Waals surface area contributed by atoms with Crippen molar-refractivity contribution in [1.29, 1.82) is 0 Å². The Hall–Kier alpha value is -0.850. The van der Waals surface area contributed by atoms with Gasteiger partial charge in [0, 0.05) is 6.42 Å². The molecule has 0 saturated heterocycles. The summed E-state index contributed by atoms with van der Waals surface area (Å²) in [4.78, 5) is 10.8. The molecule has 0 unspecified atom stereocenters. The summed E-state index contributed by atoms with van der Waals surface area (Å²) in [6, 6.07) is 0. The van der Waals surface area contributed by atoms with Crippen LogP contribution in [0.2, 0.25) is 0 Å². The Morgan fingerprint density at radius 1 is 0.895 bits per heavy atom. The summed E-state index contributed by atoms with van der Waals surface area (Å²) in [5, 5.41) is 0. The molecule has 0 aliphatic rings. The number of hydrogen-bond donors (Lipinski definition) is 0. The van der Waals surface area contributed by atoms with E-state index in [0.29, 0.717) is 6.42 Å². The summed E-state index contributed by atoms with van der Waals surface area (Å²) < 4.78 is 0. The van der Waals surface area contributed by atoms with Gasteiger partial charge in [0.15, 0.2) is 0 Å². The van der Waals surface area contributed by atoms with Gasteiger partial charge in [-0.15, -0.1) is 0 Å². The molecular weight excluding hydrogens is 232 g/mol. The van der Waals surface area contributed by atoms with Crippen molar-refractivity contribution in [2.24, 2.45) is 5.92 Å². The lowest BCUT2D eigenvalue weighted by Crippen LogP contribution is -1.88. The topological polar surface area (TPSA) is 17.1 Å². The van der Waals surface area contributed by atoms with Crippen LogP contribution in [0, 0.1) is 5.92 Å². The van der Waals surface area contributed by atoms with Gasteiger partial charge in [0.1, 0.15) is 5.78 Å². The Balaban J connectivity index is 3.77. The van der Waals surface area contributed by atoms with Crippen molar-refractivity contribution in [3.8, 4) is 0 Å². The van der Waals surface area contributed by atoms with E-state index in [1.54, 1.807) is 6.92 Å². The molecule has 0 aromatic heterocycles. The summed E-state index contributed by atoms with van der Waals surface area (Å²) in [6.07, 6.45) is 12.3. The third-order valence-corrected chi connectivity index (χ3v) is 3.37. The van der Waals surface area contributed by atoms with Crippen LogP contribution in [-0.4, -0.2) is 5.78 Å². The van der Waals surface area contributed by atoms with Gasteiger partial charge in [-0.1, -0.05) is 43.6 Å². The van der Waals surface area contributed by atoms with E-state index in [0.717, 1.165) is 25.2 Å². The van der Waals surface area contributed by atoms with E-state index >= 15 is 0 Å². The van der Waals surface area contributed by atoms with E-state index in [4.69, 9.17) is 0 Å². The summed E-state index contributed by atoms with van der Waals surface area (Å²) in [5.41, 5.74) is 2.93. The minimum atomic E-state index is 0.282. The first-order valence-corrected chi connectivity index (χ1v) is 7.72. The number of carbonyl (C=O) groups excluding carboxylic acids is 1. The highest BCUT2D eigenvalue weighted by Crippen LogP contribution is 2.14. The van der Waals surface area contributed by atoms with Gasteiger partial charge in [-0.05, 0) is 58.8 Å². The minimum absolute atomic E-state index is 0.282. The fourth-order valence-electron chi connectivity index (χ4n) is 2.06. The molecule has 0 amide bonds. The quantitative estimate of drug-likeness (QED) is 0.452. The molecule has 0 radical (unpaired) electrons. The largest absolute Gasteiger partial charge is 0.300 e. The lowest BCUT2D eigenvalue weighted by Gasteiger charge is -2.05. The van der Waals surface area contributed by atoms with Crippen LogP contribution >= 0.6 is 0 Å². The van der Waals surface area contributed by atoms with Crippen molar-refractivity contribution in [3.05, 3.63) is 23.3 Å². The summed E-state index contributed by atoms with van der Waals surface area (Å²) in [5.74, 6) is 1.10. The second-order valence-electron chi connectivity index (χ2n) is 6.17. The van der Waals surface area contributed by atoms with Gasteiger partial charge in [-0.3, -0.25) is 0 Å². The zero-order valence-corrected chi connectivity index (χ0v) is 13.6. The molecule has 0 atom stereocenters. The lowest BCUT2D eigenvalue weighted by molar-refractivity contribution is -0.116. The molecule has 1 heteroatoms. The highest BCUT2D eigenvalue weighted by molar-refractivity contribution is 5.75. The van der Waals surface area contributed by atoms with Crippen molar-refractivity contribution >= 4 is 5.78 Å². The van der Waals surface area contributed by atoms with Crippen LogP contribution in [0.15, 0.2) is 23.3 Å². The first kappa shape index (κ1) is 18.1. The molecule has 110 valence electrons. The van der Waals surface area contributed by atoms with E-state index in [9.17, 15) is 4.79 Å². The molecule has 19 heavy (non-hydrogen) atoms. The van der Waals surface area contributed by atoms with E-state index in [1.165, 1.54) is 30.4 Å². The smallest absolute Gasteiger partial charge is 0.130 e. The monoisotopic (exact) mass is 264 g/mol. The van der Waals surface area contributed by atoms with Gasteiger partial charge in [-0.2, -0.15) is 0 Å². The zero-order valence-electron chi connectivity index (χ0n) is 13.6. The third kappa shape index (κ3) is 13.4. The van der Waals surface area contributed by atoms with E-state index < -0.39 is 0 Å². The van der Waals surface area contributed by atoms with Crippen LogP contribution in [0.25, 0.3) is 0 Å². The third-order valence-electron chi connectivity index (χ3n) is 3.37. The molecule has 0 spiro atoms. The summed E-state index contributed by atoms with van der Waals surface area (Å²) >= 11 is 0. The molecule has 0 aromatic rings. The molecule has 0 fully saturated rings. The fourth-order valence-corrected chi connectivity index (χ4v) is 2.06. The molecule has 0 bridgehead atoms. The molecule has 1 nitrogen and oxygen atoms in total. The number of carbonyl (C=O) groups is 1. The normalized spacial score (nSPS) is 13.2. The lowest BCUT2D eigenvalue weighted by atomic mass is 10.0. The van der Waals surface area contributed by atoms with Gasteiger partial charge in [-0.25, -0.2) is 0 Å². The average molecular weight is 264 g/mol. The number of ketones is 1. The first-order valence-electron chi connectivity index (χ1n) is 7.72. The highest BCUT2D eigenvalue weighted by atomic mass is 16.1. The SMILES string of the molecule is CC(=O)CC/C=C(/C)CC/C=C(/C)CCCC(C)C. The van der Waals surface area contributed by atoms with Crippen molar-refractivity contribution in [2.45, 2.75) is 79.6 Å². The number of allylic oxidation sites excluding steroid dienone is 4. The van der Waals surface area contributed by atoms with E-state index in [2.05, 4.69) is 39.8 Å². The molecule has 0 aromatic carbocycles. The molecular formula is C18H32O. The van der Waals surface area contributed by atoms with Crippen molar-refractivity contribution < 1.29 is 4.79 Å². The Kier molecular flexibility index (Phi) is 10.5. The predicted molar refractivity (Wildman–Crippen MR) is 85.4 cm³/mol. The summed E-state index contributed by atoms with van der Waals surface area (Å²) in [6.45, 7) is 10.6. The second-order valence-corrected chi connectivity index (χ2v) is 6.17. The minimum Gasteiger partial charge on any atom is -0.300 e. The Morgan fingerprint density at radius 2 is 1.42 bits per heavy atom. The standard InChI is InChI=1S/C18H32O/c1-15(2)9-6-10-16(3)11-7-12-17(4)13-8-14-18(5)19/h11,13,15H,6-10,12,14H2,1-5H3/b16-11-,17-13-. The Morgan fingerprint density at radius 3 is 1.95 bits per heavy atom. The molecule has 0 rings (SSSR count). The van der Waals surface area contributed by atoms with Crippen LogP contribution in [0.4, 0.5) is 0 Å². The number of rotatable bonds is 10. The highest BCUT2D eigenvalue weighted by Gasteiger charge is 1.96. The maximum absolute atomic E-state index is 10.8. The van der Waals surface area contributed by atoms with Gasteiger partial charge >= 0.3 is 0 Å². The van der Waals surface area contributed by atoms with E-state index in [1.807, 2.05) is 0 Å². The van der Waals surface area contributed by atoms with Gasteiger partial charge in [0.25, 0.3) is 0 Å². The first-order chi connectivity index (χ1) is 8.91. The number of hydrogen-bond acceptors (Lipinski definition) is 1. The fraction of sp³-hybridized carbons (Fsp3) is 0.722. The molecule has 0 N–H and O–H groups in total. The van der Waals surface area contributed by atoms with Gasteiger partial charge in [0.2, 0.25) is 0 Å². The zero-order chi connectivity index (χ0) is 14.7.